The highest BCUT2D eigenvalue weighted by Crippen LogP contribution is 2.20. The molecular formula is C29H42N4O11. The first-order valence-corrected chi connectivity index (χ1v) is 14.2. The van der Waals surface area contributed by atoms with Crippen LogP contribution in [0.2, 0.25) is 0 Å². The van der Waals surface area contributed by atoms with Crippen LogP contribution in [0.25, 0.3) is 0 Å². The highest BCUT2D eigenvalue weighted by molar-refractivity contribution is 5.97. The van der Waals surface area contributed by atoms with Crippen LogP contribution in [0.4, 0.5) is 0 Å². The first-order chi connectivity index (χ1) is 20.7. The van der Waals surface area contributed by atoms with Crippen LogP contribution in [-0.4, -0.2) is 88.1 Å². The maximum absolute atomic E-state index is 12.8. The molecule has 0 heterocycles. The second kappa shape index (κ2) is 19.5. The van der Waals surface area contributed by atoms with E-state index in [4.69, 9.17) is 9.84 Å². The van der Waals surface area contributed by atoms with E-state index < -0.39 is 78.9 Å². The van der Waals surface area contributed by atoms with Crippen molar-refractivity contribution < 1.29 is 53.6 Å². The Morgan fingerprint density at radius 1 is 0.705 bits per heavy atom. The molecule has 1 aromatic carbocycles. The summed E-state index contributed by atoms with van der Waals surface area (Å²) in [4.78, 5) is 83.1. The molecule has 0 saturated carbocycles. The van der Waals surface area contributed by atoms with Gasteiger partial charge in [-0.25, -0.2) is 0 Å². The van der Waals surface area contributed by atoms with Crippen LogP contribution in [0.1, 0.15) is 77.2 Å². The number of hydrogen-bond acceptors (Lipinski definition) is 8. The molecule has 0 spiro atoms. The lowest BCUT2D eigenvalue weighted by atomic mass is 10.0. The summed E-state index contributed by atoms with van der Waals surface area (Å²) in [5.74, 6) is -7.10. The van der Waals surface area contributed by atoms with E-state index in [0.717, 1.165) is 31.9 Å². The summed E-state index contributed by atoms with van der Waals surface area (Å²) in [6.45, 7) is 5.94. The van der Waals surface area contributed by atoms with E-state index in [-0.39, 0.29) is 6.54 Å². The molecule has 0 saturated heterocycles. The first kappa shape index (κ1) is 37.3. The van der Waals surface area contributed by atoms with Crippen molar-refractivity contribution in [2.45, 2.75) is 89.8 Å². The van der Waals surface area contributed by atoms with Crippen LogP contribution >= 0.6 is 0 Å². The quantitative estimate of drug-likeness (QED) is 0.0945. The predicted molar refractivity (Wildman–Crippen MR) is 156 cm³/mol. The maximum atomic E-state index is 12.8. The molecule has 0 unspecified atom stereocenters. The van der Waals surface area contributed by atoms with Crippen molar-refractivity contribution in [2.24, 2.45) is 0 Å². The van der Waals surface area contributed by atoms with Gasteiger partial charge >= 0.3 is 17.9 Å². The Morgan fingerprint density at radius 3 is 1.70 bits per heavy atom. The van der Waals surface area contributed by atoms with E-state index in [9.17, 15) is 43.8 Å². The Kier molecular flexibility index (Phi) is 16.5. The minimum atomic E-state index is -1.80. The second-order valence-electron chi connectivity index (χ2n) is 10.4. The number of carboxylic acid groups (broad SMARTS) is 3. The number of amides is 4. The van der Waals surface area contributed by atoms with E-state index in [1.807, 2.05) is 24.3 Å². The monoisotopic (exact) mass is 622 g/mol. The molecule has 0 fully saturated rings. The predicted octanol–water partition coefficient (Wildman–Crippen LogP) is 0.764. The Hall–Kier alpha value is -4.69. The second-order valence-corrected chi connectivity index (χ2v) is 10.4. The molecule has 7 N–H and O–H groups in total. The highest BCUT2D eigenvalue weighted by atomic mass is 16.5. The minimum absolute atomic E-state index is 0.186. The number of carbonyl (C=O) groups excluding carboxylic acids is 4. The van der Waals surface area contributed by atoms with Crippen molar-refractivity contribution in [3.63, 3.8) is 0 Å². The first-order valence-electron chi connectivity index (χ1n) is 14.2. The van der Waals surface area contributed by atoms with Crippen LogP contribution in [0, 0.1) is 0 Å². The summed E-state index contributed by atoms with van der Waals surface area (Å²) >= 11 is 0. The molecule has 0 aliphatic rings. The molecule has 15 heteroatoms. The number of carbonyl (C=O) groups is 7. The maximum Gasteiger partial charge on any atom is 0.305 e. The number of nitrogens with one attached hydrogen (secondary N) is 4. The lowest BCUT2D eigenvalue weighted by molar-refractivity contribution is -0.144. The Morgan fingerprint density at radius 2 is 1.20 bits per heavy atom. The molecule has 1 rings (SSSR count). The van der Waals surface area contributed by atoms with Gasteiger partial charge < -0.3 is 41.3 Å². The topological polar surface area (TPSA) is 238 Å². The summed E-state index contributed by atoms with van der Waals surface area (Å²) in [6, 6.07) is 2.88. The molecule has 0 aromatic heterocycles. The van der Waals surface area contributed by atoms with Gasteiger partial charge in [-0.1, -0.05) is 38.8 Å². The molecule has 0 bridgehead atoms. The number of carboxylic acids is 3. The van der Waals surface area contributed by atoms with Crippen LogP contribution in [0.5, 0.6) is 5.75 Å². The number of ether oxygens (including phenoxy) is 1. The molecular weight excluding hydrogens is 580 g/mol. The van der Waals surface area contributed by atoms with Crippen molar-refractivity contribution in [1.82, 2.24) is 21.3 Å². The molecule has 0 aliphatic heterocycles. The minimum Gasteiger partial charge on any atom is -0.494 e. The lowest BCUT2D eigenvalue weighted by Gasteiger charge is -2.23. The van der Waals surface area contributed by atoms with Gasteiger partial charge in [-0.3, -0.25) is 33.6 Å². The van der Waals surface area contributed by atoms with E-state index in [1.54, 1.807) is 0 Å². The molecule has 0 aliphatic carbocycles. The van der Waals surface area contributed by atoms with Gasteiger partial charge in [0.2, 0.25) is 23.6 Å². The van der Waals surface area contributed by atoms with Gasteiger partial charge in [0.1, 0.15) is 23.9 Å². The van der Waals surface area contributed by atoms with Crippen LogP contribution in [0.3, 0.4) is 0 Å². The van der Waals surface area contributed by atoms with E-state index in [2.05, 4.69) is 35.1 Å². The molecule has 44 heavy (non-hydrogen) atoms. The fourth-order valence-electron chi connectivity index (χ4n) is 4.01. The van der Waals surface area contributed by atoms with Gasteiger partial charge in [0.25, 0.3) is 0 Å². The van der Waals surface area contributed by atoms with E-state index in [1.165, 1.54) is 5.56 Å². The number of rotatable bonds is 21. The van der Waals surface area contributed by atoms with Crippen LogP contribution < -0.4 is 26.0 Å². The lowest BCUT2D eigenvalue weighted by Crippen LogP contribution is -2.57. The fraction of sp³-hybridized carbons (Fsp3) is 0.552. The Labute approximate surface area is 255 Å². The normalized spacial score (nSPS) is 12.7. The highest BCUT2D eigenvalue weighted by Gasteiger charge is 2.32. The third-order valence-electron chi connectivity index (χ3n) is 6.26. The third-order valence-corrected chi connectivity index (χ3v) is 6.26. The van der Waals surface area contributed by atoms with Crippen molar-refractivity contribution in [2.75, 3.05) is 13.2 Å². The Balaban J connectivity index is 2.64. The summed E-state index contributed by atoms with van der Waals surface area (Å²) in [7, 11) is 0. The summed E-state index contributed by atoms with van der Waals surface area (Å²) in [6.07, 6.45) is 0.255. The fourth-order valence-corrected chi connectivity index (χ4v) is 4.01. The zero-order chi connectivity index (χ0) is 33.2. The standard InChI is InChI=1S/C29H42N4O11/c1-17(2)19-9-8-10-20(13-19)44-12-7-5-4-6-11-30-27(41)21(14-24(35)36)32-29(43)23(16-26(39)40)33-28(42)22(15-25(37)38)31-18(3)34/h8-10,13,17,21-23H,4-7,11-12,14-16H2,1-3H3,(H,30,41)(H,31,34)(H,32,43)(H,33,42)(H,35,36)(H,37,38)(H,39,40)/t21-,22-,23-/m0/s1. The van der Waals surface area contributed by atoms with Gasteiger partial charge in [0.15, 0.2) is 0 Å². The summed E-state index contributed by atoms with van der Waals surface area (Å²) in [5, 5.41) is 36.3. The van der Waals surface area contributed by atoms with E-state index in [0.29, 0.717) is 18.9 Å². The molecule has 244 valence electrons. The summed E-state index contributed by atoms with van der Waals surface area (Å²) in [5.41, 5.74) is 1.18. The van der Waals surface area contributed by atoms with Gasteiger partial charge in [-0.15, -0.1) is 0 Å². The molecule has 4 amide bonds. The van der Waals surface area contributed by atoms with Crippen LogP contribution in [-0.2, 0) is 33.6 Å². The van der Waals surface area contributed by atoms with Gasteiger partial charge in [-0.05, 0) is 36.5 Å². The van der Waals surface area contributed by atoms with Gasteiger partial charge in [0.05, 0.1) is 25.9 Å². The number of unbranched alkanes of at least 4 members (excludes halogenated alkanes) is 3. The van der Waals surface area contributed by atoms with E-state index >= 15 is 0 Å². The average Bonchev–Trinajstić information content (AvgIpc) is 2.92. The van der Waals surface area contributed by atoms with Crippen molar-refractivity contribution in [3.05, 3.63) is 29.8 Å². The van der Waals surface area contributed by atoms with Gasteiger partial charge in [-0.2, -0.15) is 0 Å². The smallest absolute Gasteiger partial charge is 0.305 e. The number of benzene rings is 1. The number of aliphatic carboxylic acids is 3. The van der Waals surface area contributed by atoms with Crippen molar-refractivity contribution in [3.8, 4) is 5.75 Å². The SMILES string of the molecule is CC(=O)N[C@@H](CC(=O)O)C(=O)N[C@@H](CC(=O)O)C(=O)N[C@@H](CC(=O)O)C(=O)NCCCCCCOc1cccc(C(C)C)c1. The molecule has 15 nitrogen and oxygen atoms in total. The zero-order valence-electron chi connectivity index (χ0n) is 25.1. The zero-order valence-corrected chi connectivity index (χ0v) is 25.1. The molecule has 1 aromatic rings. The average molecular weight is 623 g/mol. The number of hydrogen-bond donors (Lipinski definition) is 7. The van der Waals surface area contributed by atoms with Gasteiger partial charge in [0, 0.05) is 13.5 Å². The molecule has 3 atom stereocenters. The molecule has 0 radical (unpaired) electrons. The Bertz CT molecular complexity index is 1160. The van der Waals surface area contributed by atoms with Crippen molar-refractivity contribution in [1.29, 1.82) is 0 Å². The third kappa shape index (κ3) is 15.5. The van der Waals surface area contributed by atoms with Crippen LogP contribution in [0.15, 0.2) is 24.3 Å². The van der Waals surface area contributed by atoms with Crippen molar-refractivity contribution >= 4 is 41.5 Å². The largest absolute Gasteiger partial charge is 0.494 e. The summed E-state index contributed by atoms with van der Waals surface area (Å²) < 4.78 is 5.79.